The molecule has 1 saturated carbocycles. The van der Waals surface area contributed by atoms with Crippen molar-refractivity contribution >= 4 is 21.4 Å². The molecule has 4 nitrogen and oxygen atoms in total. The van der Waals surface area contributed by atoms with Crippen LogP contribution in [0.3, 0.4) is 0 Å². The molecular weight excluding hydrogens is 308 g/mol. The molecule has 0 saturated heterocycles. The Morgan fingerprint density at radius 3 is 2.86 bits per heavy atom. The van der Waals surface area contributed by atoms with E-state index < -0.39 is 9.84 Å². The molecule has 0 radical (unpaired) electrons. The van der Waals surface area contributed by atoms with E-state index in [2.05, 4.69) is 17.2 Å². The van der Waals surface area contributed by atoms with Gasteiger partial charge in [0.1, 0.15) is 9.84 Å². The van der Waals surface area contributed by atoms with Crippen molar-refractivity contribution in [1.29, 1.82) is 0 Å². The van der Waals surface area contributed by atoms with Crippen molar-refractivity contribution in [1.82, 2.24) is 10.3 Å². The largest absolute Gasteiger partial charge is 0.310 e. The van der Waals surface area contributed by atoms with Crippen molar-refractivity contribution in [2.45, 2.75) is 43.9 Å². The second kappa shape index (κ2) is 7.07. The Morgan fingerprint density at radius 1 is 1.48 bits per heavy atom. The average Bonchev–Trinajstić information content (AvgIpc) is 2.45. The molecule has 6 heteroatoms. The predicted octanol–water partition coefficient (Wildman–Crippen LogP) is 2.99. The van der Waals surface area contributed by atoms with Crippen LogP contribution in [0.25, 0.3) is 0 Å². The molecule has 0 spiro atoms. The van der Waals surface area contributed by atoms with Crippen LogP contribution in [0.15, 0.2) is 18.5 Å². The van der Waals surface area contributed by atoms with E-state index in [-0.39, 0.29) is 11.3 Å². The third-order valence-corrected chi connectivity index (χ3v) is 6.26. The van der Waals surface area contributed by atoms with Crippen LogP contribution >= 0.6 is 11.6 Å². The van der Waals surface area contributed by atoms with E-state index >= 15 is 0 Å². The van der Waals surface area contributed by atoms with Crippen molar-refractivity contribution in [2.24, 2.45) is 5.92 Å². The molecule has 0 amide bonds. The molecule has 0 aromatic carbocycles. The van der Waals surface area contributed by atoms with Crippen LogP contribution in [0.2, 0.25) is 5.02 Å². The van der Waals surface area contributed by atoms with Crippen molar-refractivity contribution in [3.8, 4) is 0 Å². The molecule has 0 aliphatic heterocycles. The minimum atomic E-state index is -2.97. The summed E-state index contributed by atoms with van der Waals surface area (Å²) >= 11 is 6.28. The number of sulfone groups is 1. The van der Waals surface area contributed by atoms with E-state index in [1.54, 1.807) is 12.4 Å². The summed E-state index contributed by atoms with van der Waals surface area (Å²) in [5.41, 5.74) is 1.02. The highest BCUT2D eigenvalue weighted by Crippen LogP contribution is 2.38. The van der Waals surface area contributed by atoms with Gasteiger partial charge in [0.2, 0.25) is 0 Å². The number of pyridine rings is 1. The summed E-state index contributed by atoms with van der Waals surface area (Å²) in [6.07, 6.45) is 8.20. The Bertz CT molecular complexity index is 577. The third-order valence-electron chi connectivity index (χ3n) is 4.31. The highest BCUT2D eigenvalue weighted by atomic mass is 35.5. The second-order valence-electron chi connectivity index (χ2n) is 5.81. The number of hydrogen-bond acceptors (Lipinski definition) is 4. The van der Waals surface area contributed by atoms with Crippen LogP contribution in [0, 0.1) is 5.92 Å². The summed E-state index contributed by atoms with van der Waals surface area (Å²) in [7, 11) is -2.97. The molecule has 1 aliphatic carbocycles. The fraction of sp³-hybridized carbons (Fsp3) is 0.667. The van der Waals surface area contributed by atoms with Gasteiger partial charge >= 0.3 is 0 Å². The highest BCUT2D eigenvalue weighted by molar-refractivity contribution is 7.91. The molecule has 1 fully saturated rings. The number of rotatable bonds is 5. The van der Waals surface area contributed by atoms with Gasteiger partial charge in [-0.1, -0.05) is 24.9 Å². The molecule has 0 bridgehead atoms. The van der Waals surface area contributed by atoms with Crippen LogP contribution < -0.4 is 5.32 Å². The maximum Gasteiger partial charge on any atom is 0.150 e. The number of nitrogens with one attached hydrogen (secondary N) is 1. The Labute approximate surface area is 132 Å². The van der Waals surface area contributed by atoms with Gasteiger partial charge in [0, 0.05) is 24.7 Å². The van der Waals surface area contributed by atoms with Crippen LogP contribution in [0.4, 0.5) is 0 Å². The highest BCUT2D eigenvalue weighted by Gasteiger charge is 2.34. The lowest BCUT2D eigenvalue weighted by Gasteiger charge is -2.34. The lowest BCUT2D eigenvalue weighted by atomic mass is 9.81. The van der Waals surface area contributed by atoms with Crippen LogP contribution in [-0.2, 0) is 9.84 Å². The van der Waals surface area contributed by atoms with Gasteiger partial charge in [-0.3, -0.25) is 4.98 Å². The number of halogens is 1. The van der Waals surface area contributed by atoms with Gasteiger partial charge in [-0.05, 0) is 43.4 Å². The summed E-state index contributed by atoms with van der Waals surface area (Å²) in [6.45, 7) is 2.88. The molecule has 1 N–H and O–H groups in total. The van der Waals surface area contributed by atoms with Crippen molar-refractivity contribution in [3.63, 3.8) is 0 Å². The van der Waals surface area contributed by atoms with E-state index in [4.69, 9.17) is 11.6 Å². The summed E-state index contributed by atoms with van der Waals surface area (Å²) < 4.78 is 23.7. The lowest BCUT2D eigenvalue weighted by molar-refractivity contribution is 0.275. The summed E-state index contributed by atoms with van der Waals surface area (Å²) in [5.74, 6) is 0.290. The van der Waals surface area contributed by atoms with Gasteiger partial charge in [-0.25, -0.2) is 8.42 Å². The fourth-order valence-corrected chi connectivity index (χ4v) is 4.69. The minimum Gasteiger partial charge on any atom is -0.310 e. The Morgan fingerprint density at radius 2 is 2.24 bits per heavy atom. The first-order valence-electron chi connectivity index (χ1n) is 7.45. The van der Waals surface area contributed by atoms with Crippen molar-refractivity contribution in [3.05, 3.63) is 29.0 Å². The normalized spacial score (nSPS) is 24.7. The molecule has 1 aliphatic rings. The molecule has 1 aromatic heterocycles. The second-order valence-corrected chi connectivity index (χ2v) is 8.54. The first-order chi connectivity index (χ1) is 9.93. The van der Waals surface area contributed by atoms with E-state index in [0.29, 0.717) is 17.4 Å². The zero-order chi connectivity index (χ0) is 15.5. The summed E-state index contributed by atoms with van der Waals surface area (Å²) in [6, 6.07) is 2.02. The zero-order valence-electron chi connectivity index (χ0n) is 12.5. The molecule has 3 atom stereocenters. The predicted molar refractivity (Wildman–Crippen MR) is 86.3 cm³/mol. The number of nitrogens with zero attached hydrogens (tertiary/aromatic N) is 1. The van der Waals surface area contributed by atoms with Gasteiger partial charge < -0.3 is 5.32 Å². The monoisotopic (exact) mass is 330 g/mol. The third kappa shape index (κ3) is 4.18. The van der Waals surface area contributed by atoms with Gasteiger partial charge in [0.25, 0.3) is 0 Å². The smallest absolute Gasteiger partial charge is 0.150 e. The van der Waals surface area contributed by atoms with Crippen molar-refractivity contribution < 1.29 is 8.42 Å². The Hall–Kier alpha value is -0.650. The van der Waals surface area contributed by atoms with Gasteiger partial charge in [0.15, 0.2) is 0 Å². The maximum absolute atomic E-state index is 11.9. The Kier molecular flexibility index (Phi) is 5.63. The molecule has 118 valence electrons. The topological polar surface area (TPSA) is 59.1 Å². The van der Waals surface area contributed by atoms with Crippen LogP contribution in [0.5, 0.6) is 0 Å². The van der Waals surface area contributed by atoms with Crippen LogP contribution in [0.1, 0.15) is 44.2 Å². The minimum absolute atomic E-state index is 0.0926. The molecule has 3 unspecified atom stereocenters. The van der Waals surface area contributed by atoms with E-state index in [0.717, 1.165) is 31.4 Å². The SMILES string of the molecule is CCNC(c1ccncc1Cl)C1CCCC(S(C)(=O)=O)C1. The Balaban J connectivity index is 2.24. The first-order valence-corrected chi connectivity index (χ1v) is 9.78. The van der Waals surface area contributed by atoms with Gasteiger partial charge in [0.05, 0.1) is 10.3 Å². The van der Waals surface area contributed by atoms with Crippen molar-refractivity contribution in [2.75, 3.05) is 12.8 Å². The van der Waals surface area contributed by atoms with E-state index in [9.17, 15) is 8.42 Å². The maximum atomic E-state index is 11.9. The fourth-order valence-electron chi connectivity index (χ4n) is 3.26. The standard InChI is InChI=1S/C15H23ClN2O2S/c1-3-18-15(13-7-8-17-10-14(13)16)11-5-4-6-12(9-11)21(2,19)20/h7-8,10-12,15,18H,3-6,9H2,1-2H3. The first kappa shape index (κ1) is 16.7. The van der Waals surface area contributed by atoms with Gasteiger partial charge in [-0.2, -0.15) is 0 Å². The summed E-state index contributed by atoms with van der Waals surface area (Å²) in [5, 5.41) is 3.89. The van der Waals surface area contributed by atoms with Crippen LogP contribution in [-0.4, -0.2) is 31.5 Å². The van der Waals surface area contributed by atoms with E-state index in [1.807, 2.05) is 6.07 Å². The van der Waals surface area contributed by atoms with E-state index in [1.165, 1.54) is 6.26 Å². The van der Waals surface area contributed by atoms with Gasteiger partial charge in [-0.15, -0.1) is 0 Å². The molecule has 21 heavy (non-hydrogen) atoms. The molecule has 1 aromatic rings. The zero-order valence-corrected chi connectivity index (χ0v) is 14.1. The average molecular weight is 331 g/mol. The number of aromatic nitrogens is 1. The lowest BCUT2D eigenvalue weighted by Crippen LogP contribution is -2.35. The summed E-state index contributed by atoms with van der Waals surface area (Å²) in [4.78, 5) is 4.03. The molecule has 2 rings (SSSR count). The molecular formula is C15H23ClN2O2S. The number of hydrogen-bond donors (Lipinski definition) is 1. The quantitative estimate of drug-likeness (QED) is 0.901. The molecule has 1 heterocycles.